The van der Waals surface area contributed by atoms with E-state index in [4.69, 9.17) is 5.73 Å². The number of anilines is 1. The van der Waals surface area contributed by atoms with Gasteiger partial charge in [0.05, 0.1) is 0 Å². The largest absolute Gasteiger partial charge is 0.383 e. The zero-order valence-corrected chi connectivity index (χ0v) is 7.06. The smallest absolute Gasteiger partial charge is 0.194 e. The van der Waals surface area contributed by atoms with E-state index in [2.05, 4.69) is 9.97 Å². The Morgan fingerprint density at radius 1 is 1.46 bits per heavy atom. The Kier molecular flexibility index (Phi) is 1.51. The zero-order valence-electron chi connectivity index (χ0n) is 7.06. The van der Waals surface area contributed by atoms with Gasteiger partial charge in [-0.05, 0) is 0 Å². The highest BCUT2D eigenvalue weighted by Gasteiger charge is 2.05. The van der Waals surface area contributed by atoms with E-state index in [9.17, 15) is 4.79 Å². The van der Waals surface area contributed by atoms with Crippen molar-refractivity contribution in [2.45, 2.75) is 0 Å². The molecule has 5 heteroatoms. The van der Waals surface area contributed by atoms with E-state index in [0.717, 1.165) is 0 Å². The van der Waals surface area contributed by atoms with Crippen molar-refractivity contribution in [3.63, 3.8) is 0 Å². The van der Waals surface area contributed by atoms with Gasteiger partial charge in [0.25, 0.3) is 0 Å². The van der Waals surface area contributed by atoms with Gasteiger partial charge in [-0.25, -0.2) is 9.97 Å². The van der Waals surface area contributed by atoms with Crippen molar-refractivity contribution in [2.75, 3.05) is 5.73 Å². The number of pyridine rings is 1. The van der Waals surface area contributed by atoms with Crippen molar-refractivity contribution in [2.24, 2.45) is 7.05 Å². The zero-order chi connectivity index (χ0) is 9.42. The first kappa shape index (κ1) is 7.72. The van der Waals surface area contributed by atoms with Crippen LogP contribution in [0.2, 0.25) is 0 Å². The SMILES string of the molecule is Cn1ccc(=O)c2c(N)ncnc21. The number of aryl methyl sites for hydroxylation is 1. The van der Waals surface area contributed by atoms with Gasteiger partial charge in [0.15, 0.2) is 5.43 Å². The second-order valence-electron chi connectivity index (χ2n) is 2.75. The number of nitrogen functional groups attached to an aromatic ring is 1. The summed E-state index contributed by atoms with van der Waals surface area (Å²) in [5, 5.41) is 0.382. The first-order chi connectivity index (χ1) is 6.20. The Balaban J connectivity index is 3.09. The molecule has 0 atom stereocenters. The van der Waals surface area contributed by atoms with E-state index in [1.807, 2.05) is 0 Å². The van der Waals surface area contributed by atoms with Gasteiger partial charge in [0.2, 0.25) is 0 Å². The van der Waals surface area contributed by atoms with Crippen LogP contribution in [0.5, 0.6) is 0 Å². The monoisotopic (exact) mass is 176 g/mol. The Morgan fingerprint density at radius 2 is 2.23 bits per heavy atom. The topological polar surface area (TPSA) is 73.8 Å². The first-order valence-corrected chi connectivity index (χ1v) is 3.76. The van der Waals surface area contributed by atoms with Crippen molar-refractivity contribution in [3.05, 3.63) is 28.8 Å². The lowest BCUT2D eigenvalue weighted by atomic mass is 10.3. The Bertz CT molecular complexity index is 517. The molecule has 0 saturated heterocycles. The molecule has 0 radical (unpaired) electrons. The summed E-state index contributed by atoms with van der Waals surface area (Å²) in [5.74, 6) is 0.228. The van der Waals surface area contributed by atoms with E-state index in [1.54, 1.807) is 17.8 Å². The number of nitrogens with zero attached hydrogens (tertiary/aromatic N) is 3. The van der Waals surface area contributed by atoms with E-state index in [0.29, 0.717) is 11.0 Å². The molecular formula is C8H8N4O. The van der Waals surface area contributed by atoms with Crippen molar-refractivity contribution >= 4 is 16.9 Å². The highest BCUT2D eigenvalue weighted by atomic mass is 16.1. The standard InChI is InChI=1S/C8H8N4O/c1-12-3-2-5(13)6-7(9)10-4-11-8(6)12/h2-4H,1H3,(H2,9,10,11). The average Bonchev–Trinajstić information content (AvgIpc) is 2.12. The summed E-state index contributed by atoms with van der Waals surface area (Å²) in [6.07, 6.45) is 2.99. The second-order valence-corrected chi connectivity index (χ2v) is 2.75. The van der Waals surface area contributed by atoms with Crippen LogP contribution < -0.4 is 11.2 Å². The van der Waals surface area contributed by atoms with E-state index in [-0.39, 0.29) is 11.2 Å². The molecular weight excluding hydrogens is 168 g/mol. The first-order valence-electron chi connectivity index (χ1n) is 3.76. The van der Waals surface area contributed by atoms with Crippen LogP contribution in [0, 0.1) is 0 Å². The summed E-state index contributed by atoms with van der Waals surface area (Å²) in [5.41, 5.74) is 5.97. The molecule has 13 heavy (non-hydrogen) atoms. The summed E-state index contributed by atoms with van der Waals surface area (Å²) in [6, 6.07) is 1.45. The maximum atomic E-state index is 11.4. The molecule has 0 aliphatic rings. The molecule has 2 heterocycles. The summed E-state index contributed by atoms with van der Waals surface area (Å²) in [7, 11) is 1.80. The number of aromatic nitrogens is 3. The van der Waals surface area contributed by atoms with Gasteiger partial charge in [0.1, 0.15) is 23.2 Å². The van der Waals surface area contributed by atoms with Crippen LogP contribution in [0.1, 0.15) is 0 Å². The lowest BCUT2D eigenvalue weighted by Gasteiger charge is -2.03. The number of fused-ring (bicyclic) bond motifs is 1. The van der Waals surface area contributed by atoms with Crippen LogP contribution in [0.3, 0.4) is 0 Å². The summed E-state index contributed by atoms with van der Waals surface area (Å²) in [6.45, 7) is 0. The third-order valence-electron chi connectivity index (χ3n) is 1.89. The Labute approximate surface area is 73.8 Å². The molecule has 2 aromatic heterocycles. The highest BCUT2D eigenvalue weighted by molar-refractivity contribution is 5.84. The maximum absolute atomic E-state index is 11.4. The van der Waals surface area contributed by atoms with Gasteiger partial charge in [-0.3, -0.25) is 4.79 Å². The molecule has 0 unspecified atom stereocenters. The lowest BCUT2D eigenvalue weighted by molar-refractivity contribution is 0.923. The highest BCUT2D eigenvalue weighted by Crippen LogP contribution is 2.09. The minimum atomic E-state index is -0.147. The van der Waals surface area contributed by atoms with Crippen LogP contribution in [-0.2, 0) is 7.05 Å². The van der Waals surface area contributed by atoms with Crippen LogP contribution in [0.25, 0.3) is 11.0 Å². The minimum Gasteiger partial charge on any atom is -0.383 e. The molecule has 0 bridgehead atoms. The fourth-order valence-electron chi connectivity index (χ4n) is 1.23. The normalized spacial score (nSPS) is 10.5. The van der Waals surface area contributed by atoms with Crippen LogP contribution in [-0.4, -0.2) is 14.5 Å². The lowest BCUT2D eigenvalue weighted by Crippen LogP contribution is -2.10. The molecule has 0 amide bonds. The summed E-state index contributed by atoms with van der Waals surface area (Å²) in [4.78, 5) is 19.1. The van der Waals surface area contributed by atoms with Crippen molar-refractivity contribution in [1.29, 1.82) is 0 Å². The quantitative estimate of drug-likeness (QED) is 0.608. The van der Waals surface area contributed by atoms with E-state index < -0.39 is 0 Å². The molecule has 2 rings (SSSR count). The predicted octanol–water partition coefficient (Wildman–Crippen LogP) is -0.0893. The number of hydrogen-bond acceptors (Lipinski definition) is 4. The van der Waals surface area contributed by atoms with Gasteiger partial charge in [0, 0.05) is 19.3 Å². The molecule has 0 fully saturated rings. The van der Waals surface area contributed by atoms with Crippen LogP contribution in [0.4, 0.5) is 5.82 Å². The second kappa shape index (κ2) is 2.55. The van der Waals surface area contributed by atoms with Gasteiger partial charge in [-0.2, -0.15) is 0 Å². The van der Waals surface area contributed by atoms with Gasteiger partial charge >= 0.3 is 0 Å². The molecule has 2 N–H and O–H groups in total. The number of hydrogen-bond donors (Lipinski definition) is 1. The fraction of sp³-hybridized carbons (Fsp3) is 0.125. The average molecular weight is 176 g/mol. The third-order valence-corrected chi connectivity index (χ3v) is 1.89. The van der Waals surface area contributed by atoms with Gasteiger partial charge < -0.3 is 10.3 Å². The Morgan fingerprint density at radius 3 is 2.92 bits per heavy atom. The van der Waals surface area contributed by atoms with Crippen LogP contribution >= 0.6 is 0 Å². The summed E-state index contributed by atoms with van der Waals surface area (Å²) >= 11 is 0. The summed E-state index contributed by atoms with van der Waals surface area (Å²) < 4.78 is 1.73. The minimum absolute atomic E-state index is 0.147. The Hall–Kier alpha value is -1.91. The van der Waals surface area contributed by atoms with Crippen molar-refractivity contribution < 1.29 is 0 Å². The van der Waals surface area contributed by atoms with Gasteiger partial charge in [-0.15, -0.1) is 0 Å². The third kappa shape index (κ3) is 1.05. The molecule has 5 nitrogen and oxygen atoms in total. The van der Waals surface area contributed by atoms with Gasteiger partial charge in [-0.1, -0.05) is 0 Å². The molecule has 66 valence electrons. The van der Waals surface area contributed by atoms with E-state index >= 15 is 0 Å². The predicted molar refractivity (Wildman–Crippen MR) is 49.2 cm³/mol. The van der Waals surface area contributed by atoms with Crippen molar-refractivity contribution in [3.8, 4) is 0 Å². The number of nitrogens with two attached hydrogens (primary N) is 1. The van der Waals surface area contributed by atoms with Crippen LogP contribution in [0.15, 0.2) is 23.4 Å². The van der Waals surface area contributed by atoms with Crippen molar-refractivity contribution in [1.82, 2.24) is 14.5 Å². The molecule has 0 saturated carbocycles. The number of rotatable bonds is 0. The molecule has 0 spiro atoms. The molecule has 2 aromatic rings. The molecule has 0 aliphatic heterocycles. The van der Waals surface area contributed by atoms with E-state index in [1.165, 1.54) is 12.4 Å². The maximum Gasteiger partial charge on any atom is 0.194 e. The molecule has 0 aromatic carbocycles. The molecule has 0 aliphatic carbocycles. The fourth-order valence-corrected chi connectivity index (χ4v) is 1.23.